The van der Waals surface area contributed by atoms with Crippen LogP contribution in [0.4, 0.5) is 0 Å². The fraction of sp³-hybridized carbons (Fsp3) is 0.125. The molecule has 11 heavy (non-hydrogen) atoms. The molecule has 0 saturated heterocycles. The lowest BCUT2D eigenvalue weighted by Gasteiger charge is -2.16. The molecule has 0 aromatic heterocycles. The summed E-state index contributed by atoms with van der Waals surface area (Å²) in [5.74, 6) is 0.408. The van der Waals surface area contributed by atoms with Gasteiger partial charge in [-0.1, -0.05) is 13.2 Å². The molecular formula is C8H9NO2. The van der Waals surface area contributed by atoms with Crippen molar-refractivity contribution in [2.75, 3.05) is 6.61 Å². The molecule has 3 nitrogen and oxygen atoms in total. The summed E-state index contributed by atoms with van der Waals surface area (Å²) < 4.78 is 5.02. The second kappa shape index (κ2) is 3.05. The van der Waals surface area contributed by atoms with Crippen LogP contribution in [-0.4, -0.2) is 12.5 Å². The van der Waals surface area contributed by atoms with E-state index in [0.29, 0.717) is 11.5 Å². The lowest BCUT2D eigenvalue weighted by Crippen LogP contribution is -2.31. The number of amides is 1. The van der Waals surface area contributed by atoms with Crippen molar-refractivity contribution in [3.05, 3.63) is 36.8 Å². The molecule has 3 heteroatoms. The van der Waals surface area contributed by atoms with Crippen molar-refractivity contribution >= 4 is 5.91 Å². The van der Waals surface area contributed by atoms with Crippen LogP contribution in [0.3, 0.4) is 0 Å². The first kappa shape index (κ1) is 7.60. The Kier molecular flexibility index (Phi) is 2.11. The molecule has 1 heterocycles. The molecule has 0 unspecified atom stereocenters. The van der Waals surface area contributed by atoms with Gasteiger partial charge in [0.05, 0.1) is 5.70 Å². The van der Waals surface area contributed by atoms with Crippen LogP contribution in [0.1, 0.15) is 0 Å². The minimum absolute atomic E-state index is 0.0543. The number of allylic oxidation sites excluding steroid dienone is 2. The molecule has 0 spiro atoms. The van der Waals surface area contributed by atoms with Gasteiger partial charge >= 0.3 is 0 Å². The Balaban J connectivity index is 2.91. The van der Waals surface area contributed by atoms with Crippen LogP contribution in [0.5, 0.6) is 0 Å². The second-order valence-corrected chi connectivity index (χ2v) is 2.02. The number of hydrogen-bond donors (Lipinski definition) is 1. The van der Waals surface area contributed by atoms with E-state index in [1.54, 1.807) is 0 Å². The van der Waals surface area contributed by atoms with Crippen LogP contribution in [0.25, 0.3) is 0 Å². The monoisotopic (exact) mass is 151 g/mol. The minimum atomic E-state index is -0.162. The minimum Gasteiger partial charge on any atom is -0.482 e. The van der Waals surface area contributed by atoms with Crippen LogP contribution >= 0.6 is 0 Å². The summed E-state index contributed by atoms with van der Waals surface area (Å²) in [4.78, 5) is 10.7. The summed E-state index contributed by atoms with van der Waals surface area (Å²) in [7, 11) is 0. The van der Waals surface area contributed by atoms with E-state index < -0.39 is 0 Å². The first-order chi connectivity index (χ1) is 5.27. The number of rotatable bonds is 2. The number of carbonyl (C=O) groups excluding carboxylic acids is 1. The third-order valence-corrected chi connectivity index (χ3v) is 1.29. The van der Waals surface area contributed by atoms with Crippen molar-refractivity contribution in [3.63, 3.8) is 0 Å². The van der Waals surface area contributed by atoms with E-state index in [9.17, 15) is 4.79 Å². The van der Waals surface area contributed by atoms with E-state index in [2.05, 4.69) is 18.5 Å². The van der Waals surface area contributed by atoms with Gasteiger partial charge in [0.25, 0.3) is 5.91 Å². The van der Waals surface area contributed by atoms with Crippen LogP contribution in [0.15, 0.2) is 36.8 Å². The van der Waals surface area contributed by atoms with Gasteiger partial charge in [0, 0.05) is 0 Å². The van der Waals surface area contributed by atoms with E-state index in [0.717, 1.165) is 0 Å². The maximum atomic E-state index is 10.7. The van der Waals surface area contributed by atoms with E-state index >= 15 is 0 Å². The van der Waals surface area contributed by atoms with Gasteiger partial charge in [0.2, 0.25) is 0 Å². The first-order valence-corrected chi connectivity index (χ1v) is 3.19. The van der Waals surface area contributed by atoms with Crippen molar-refractivity contribution < 1.29 is 9.53 Å². The highest BCUT2D eigenvalue weighted by molar-refractivity contribution is 5.81. The fourth-order valence-corrected chi connectivity index (χ4v) is 0.789. The maximum Gasteiger partial charge on any atom is 0.262 e. The molecule has 1 rings (SSSR count). The van der Waals surface area contributed by atoms with Crippen LogP contribution in [-0.2, 0) is 9.53 Å². The third kappa shape index (κ3) is 1.49. The van der Waals surface area contributed by atoms with Crippen LogP contribution in [0.2, 0.25) is 0 Å². The molecule has 0 saturated carbocycles. The number of ether oxygens (including phenoxy) is 1. The lowest BCUT2D eigenvalue weighted by molar-refractivity contribution is -0.124. The van der Waals surface area contributed by atoms with Crippen molar-refractivity contribution in [3.8, 4) is 0 Å². The van der Waals surface area contributed by atoms with Crippen molar-refractivity contribution in [2.24, 2.45) is 0 Å². The van der Waals surface area contributed by atoms with Gasteiger partial charge in [-0.15, -0.1) is 0 Å². The second-order valence-electron chi connectivity index (χ2n) is 2.02. The van der Waals surface area contributed by atoms with Crippen LogP contribution < -0.4 is 5.32 Å². The molecule has 1 aliphatic rings. The topological polar surface area (TPSA) is 38.3 Å². The number of hydrogen-bond acceptors (Lipinski definition) is 2. The summed E-state index contributed by atoms with van der Waals surface area (Å²) >= 11 is 0. The van der Waals surface area contributed by atoms with Crippen molar-refractivity contribution in [2.45, 2.75) is 0 Å². The standard InChI is InChI=1S/C8H9NO2/c1-3-6-7(4-2)11-5-8(10)9-6/h3-4H,1-2,5H2,(H,9,10). The van der Waals surface area contributed by atoms with E-state index in [-0.39, 0.29) is 12.5 Å². The van der Waals surface area contributed by atoms with Gasteiger partial charge in [0.15, 0.2) is 6.61 Å². The van der Waals surface area contributed by atoms with Gasteiger partial charge in [-0.05, 0) is 12.2 Å². The van der Waals surface area contributed by atoms with Crippen LogP contribution in [0, 0.1) is 0 Å². The Bertz CT molecular complexity index is 240. The SMILES string of the molecule is C=CC1=C(C=C)OCC(=O)N1. The molecule has 1 amide bonds. The van der Waals surface area contributed by atoms with E-state index in [1.807, 2.05) is 0 Å². The molecule has 0 atom stereocenters. The van der Waals surface area contributed by atoms with Gasteiger partial charge in [-0.25, -0.2) is 0 Å². The Labute approximate surface area is 65.0 Å². The highest BCUT2D eigenvalue weighted by atomic mass is 16.5. The Morgan fingerprint density at radius 1 is 1.45 bits per heavy atom. The van der Waals surface area contributed by atoms with E-state index in [4.69, 9.17) is 4.74 Å². The third-order valence-electron chi connectivity index (χ3n) is 1.29. The Morgan fingerprint density at radius 3 is 2.73 bits per heavy atom. The van der Waals surface area contributed by atoms with Gasteiger partial charge in [-0.2, -0.15) is 0 Å². The Morgan fingerprint density at radius 2 is 2.18 bits per heavy atom. The summed E-state index contributed by atoms with van der Waals surface area (Å²) in [6.45, 7) is 7.10. The predicted octanol–water partition coefficient (Wildman–Crippen LogP) is 0.716. The highest BCUT2D eigenvalue weighted by Crippen LogP contribution is 2.09. The molecule has 0 aromatic rings. The summed E-state index contributed by atoms with van der Waals surface area (Å²) in [5, 5.41) is 2.59. The quantitative estimate of drug-likeness (QED) is 0.631. The molecule has 0 fully saturated rings. The predicted molar refractivity (Wildman–Crippen MR) is 41.5 cm³/mol. The van der Waals surface area contributed by atoms with Crippen molar-refractivity contribution in [1.29, 1.82) is 0 Å². The largest absolute Gasteiger partial charge is 0.482 e. The number of nitrogens with one attached hydrogen (secondary N) is 1. The summed E-state index contributed by atoms with van der Waals surface area (Å²) in [5.41, 5.74) is 0.580. The smallest absolute Gasteiger partial charge is 0.262 e. The molecule has 0 bridgehead atoms. The average molecular weight is 151 g/mol. The molecule has 1 N–H and O–H groups in total. The zero-order chi connectivity index (χ0) is 8.27. The average Bonchev–Trinajstić information content (AvgIpc) is 2.04. The fourth-order valence-electron chi connectivity index (χ4n) is 0.789. The highest BCUT2D eigenvalue weighted by Gasteiger charge is 2.13. The van der Waals surface area contributed by atoms with Crippen molar-refractivity contribution in [1.82, 2.24) is 5.32 Å². The molecular weight excluding hydrogens is 142 g/mol. The molecule has 58 valence electrons. The maximum absolute atomic E-state index is 10.7. The molecule has 0 radical (unpaired) electrons. The van der Waals surface area contributed by atoms with E-state index in [1.165, 1.54) is 12.2 Å². The zero-order valence-corrected chi connectivity index (χ0v) is 6.09. The lowest BCUT2D eigenvalue weighted by atomic mass is 10.3. The molecule has 0 aliphatic carbocycles. The molecule has 1 aliphatic heterocycles. The zero-order valence-electron chi connectivity index (χ0n) is 6.09. The van der Waals surface area contributed by atoms with Gasteiger partial charge in [-0.3, -0.25) is 4.79 Å². The van der Waals surface area contributed by atoms with Gasteiger partial charge in [0.1, 0.15) is 5.76 Å². The summed E-state index contributed by atoms with van der Waals surface area (Å²) in [6, 6.07) is 0. The normalized spacial score (nSPS) is 16.9. The van der Waals surface area contributed by atoms with Gasteiger partial charge < -0.3 is 10.1 Å². The number of carbonyl (C=O) groups is 1. The molecule has 0 aromatic carbocycles. The summed E-state index contributed by atoms with van der Waals surface area (Å²) in [6.07, 6.45) is 3.06. The Hall–Kier alpha value is -1.51. The first-order valence-electron chi connectivity index (χ1n) is 3.19.